The number of β-amino-alcohol motifs (C(OH)–C–C–N with tert-alkyl or cyclic N) is 1. The highest BCUT2D eigenvalue weighted by Gasteiger charge is 2.25. The molecule has 0 aliphatic carbocycles. The number of carbonyl (C=O) groups excluding carboxylic acids is 1. The summed E-state index contributed by atoms with van der Waals surface area (Å²) >= 11 is 14.1. The molecule has 4 aromatic rings. The van der Waals surface area contributed by atoms with Gasteiger partial charge in [-0.2, -0.15) is 0 Å². The Balaban J connectivity index is 1.29. The number of ether oxygens (including phenoxy) is 2. The van der Waals surface area contributed by atoms with E-state index in [1.165, 1.54) is 13.2 Å². The Kier molecular flexibility index (Phi) is 10.5. The number of pyridine rings is 2. The van der Waals surface area contributed by atoms with Crippen LogP contribution in [0.1, 0.15) is 36.5 Å². The van der Waals surface area contributed by atoms with Crippen LogP contribution in [0.15, 0.2) is 48.7 Å². The Morgan fingerprint density at radius 3 is 2.62 bits per heavy atom. The molecule has 2 aromatic carbocycles. The highest BCUT2D eigenvalue weighted by Crippen LogP contribution is 2.43. The van der Waals surface area contributed by atoms with Crippen molar-refractivity contribution >= 4 is 29.1 Å². The van der Waals surface area contributed by atoms with Crippen molar-refractivity contribution in [3.05, 3.63) is 81.2 Å². The number of fused-ring (bicyclic) bond motifs is 1. The monoisotopic (exact) mass is 693 g/mol. The molecular formula is C36H38Cl2FN5O4. The van der Waals surface area contributed by atoms with Crippen LogP contribution in [-0.2, 0) is 24.3 Å². The van der Waals surface area contributed by atoms with E-state index in [0.717, 1.165) is 41.8 Å². The standard InChI is InChI=1S/C36H38Cl2FN5O4/c1-20(45)18-44-12-10-21-13-22(14-31(47-2)28(21)19-44)35-34(38)25(9-11-41-35)24-5-4-6-26(33(24)37)30-15-29(39)27(36(43-30)48-3)17-40-16-23-7-8-32(46)42-23/h4-6,9,11,13-15,20,23,40,45H,7-8,10,12,16-19H2,1-3H3,(H,42,46). The molecule has 2 aliphatic rings. The molecule has 1 saturated heterocycles. The maximum atomic E-state index is 15.5. The first-order valence-corrected chi connectivity index (χ1v) is 16.7. The molecule has 0 saturated carbocycles. The van der Waals surface area contributed by atoms with Gasteiger partial charge in [0.25, 0.3) is 0 Å². The van der Waals surface area contributed by atoms with Crippen molar-refractivity contribution in [2.24, 2.45) is 0 Å². The second kappa shape index (κ2) is 14.8. The topological polar surface area (TPSA) is 109 Å². The van der Waals surface area contributed by atoms with Crippen LogP contribution in [0.5, 0.6) is 11.6 Å². The molecule has 12 heteroatoms. The number of carbonyl (C=O) groups is 1. The smallest absolute Gasteiger partial charge is 0.221 e. The maximum absolute atomic E-state index is 15.5. The van der Waals surface area contributed by atoms with Gasteiger partial charge in [0.1, 0.15) is 11.6 Å². The van der Waals surface area contributed by atoms with Gasteiger partial charge in [-0.25, -0.2) is 9.37 Å². The number of benzene rings is 2. The summed E-state index contributed by atoms with van der Waals surface area (Å²) in [6.07, 6.45) is 3.32. The van der Waals surface area contributed by atoms with Crippen molar-refractivity contribution < 1.29 is 23.8 Å². The number of aliphatic hydroxyl groups excluding tert-OH is 1. The fraction of sp³-hybridized carbons (Fsp3) is 0.361. The summed E-state index contributed by atoms with van der Waals surface area (Å²) < 4.78 is 26.8. The van der Waals surface area contributed by atoms with Crippen LogP contribution >= 0.6 is 23.2 Å². The minimum Gasteiger partial charge on any atom is -0.496 e. The normalized spacial score (nSPS) is 16.8. The maximum Gasteiger partial charge on any atom is 0.221 e. The largest absolute Gasteiger partial charge is 0.496 e. The molecule has 1 amide bonds. The lowest BCUT2D eigenvalue weighted by atomic mass is 9.93. The molecule has 0 radical (unpaired) electrons. The van der Waals surface area contributed by atoms with Crippen LogP contribution in [-0.4, -0.2) is 71.9 Å². The van der Waals surface area contributed by atoms with E-state index in [0.29, 0.717) is 64.2 Å². The van der Waals surface area contributed by atoms with Crippen LogP contribution in [0, 0.1) is 5.82 Å². The van der Waals surface area contributed by atoms with Gasteiger partial charge in [-0.15, -0.1) is 0 Å². The van der Waals surface area contributed by atoms with Crippen LogP contribution in [0.25, 0.3) is 33.6 Å². The zero-order chi connectivity index (χ0) is 33.9. The van der Waals surface area contributed by atoms with E-state index in [9.17, 15) is 9.90 Å². The molecule has 4 heterocycles. The van der Waals surface area contributed by atoms with E-state index in [4.69, 9.17) is 32.7 Å². The van der Waals surface area contributed by atoms with Crippen molar-refractivity contribution in [2.75, 3.05) is 33.9 Å². The highest BCUT2D eigenvalue weighted by atomic mass is 35.5. The third-order valence-corrected chi connectivity index (χ3v) is 9.64. The molecule has 3 N–H and O–H groups in total. The lowest BCUT2D eigenvalue weighted by Crippen LogP contribution is -2.35. The minimum absolute atomic E-state index is 0.0162. The minimum atomic E-state index is -0.485. The first-order chi connectivity index (χ1) is 23.2. The fourth-order valence-electron chi connectivity index (χ4n) is 6.51. The van der Waals surface area contributed by atoms with Crippen molar-refractivity contribution in [3.8, 4) is 45.3 Å². The van der Waals surface area contributed by atoms with E-state index >= 15 is 4.39 Å². The summed E-state index contributed by atoms with van der Waals surface area (Å²) in [7, 11) is 3.10. The predicted molar refractivity (Wildman–Crippen MR) is 185 cm³/mol. The van der Waals surface area contributed by atoms with Gasteiger partial charge in [-0.1, -0.05) is 41.4 Å². The van der Waals surface area contributed by atoms with Gasteiger partial charge in [-0.3, -0.25) is 14.7 Å². The van der Waals surface area contributed by atoms with Crippen molar-refractivity contribution in [2.45, 2.75) is 51.4 Å². The third kappa shape index (κ3) is 7.13. The fourth-order valence-corrected chi connectivity index (χ4v) is 7.16. The Bertz CT molecular complexity index is 1820. The summed E-state index contributed by atoms with van der Waals surface area (Å²) in [4.78, 5) is 23.0. The number of hydrogen-bond donors (Lipinski definition) is 3. The number of nitrogens with one attached hydrogen (secondary N) is 2. The Labute approximate surface area is 289 Å². The van der Waals surface area contributed by atoms with E-state index in [2.05, 4.69) is 31.6 Å². The average molecular weight is 695 g/mol. The molecule has 252 valence electrons. The molecule has 2 aromatic heterocycles. The molecule has 6 rings (SSSR count). The van der Waals surface area contributed by atoms with Gasteiger partial charge in [0.2, 0.25) is 11.8 Å². The predicted octanol–water partition coefficient (Wildman–Crippen LogP) is 6.05. The van der Waals surface area contributed by atoms with Gasteiger partial charge in [0, 0.05) is 85.3 Å². The second-order valence-corrected chi connectivity index (χ2v) is 13.0. The molecule has 48 heavy (non-hydrogen) atoms. The van der Waals surface area contributed by atoms with E-state index in [1.807, 2.05) is 18.2 Å². The first-order valence-electron chi connectivity index (χ1n) is 15.9. The van der Waals surface area contributed by atoms with Gasteiger partial charge in [0.05, 0.1) is 47.3 Å². The number of nitrogens with zero attached hydrogens (tertiary/aromatic N) is 3. The number of rotatable bonds is 11. The second-order valence-electron chi connectivity index (χ2n) is 12.2. The molecule has 2 unspecified atom stereocenters. The van der Waals surface area contributed by atoms with E-state index in [1.54, 1.807) is 32.4 Å². The van der Waals surface area contributed by atoms with Crippen LogP contribution in [0.2, 0.25) is 10.0 Å². The summed E-state index contributed by atoms with van der Waals surface area (Å²) in [5.74, 6) is 0.433. The van der Waals surface area contributed by atoms with Gasteiger partial charge < -0.3 is 25.2 Å². The van der Waals surface area contributed by atoms with Gasteiger partial charge >= 0.3 is 0 Å². The van der Waals surface area contributed by atoms with Gasteiger partial charge in [-0.05, 0) is 43.5 Å². The molecule has 2 aliphatic heterocycles. The quantitative estimate of drug-likeness (QED) is 0.174. The van der Waals surface area contributed by atoms with Crippen LogP contribution in [0.3, 0.4) is 0 Å². The summed E-state index contributed by atoms with van der Waals surface area (Å²) in [5.41, 5.74) is 6.09. The molecule has 0 spiro atoms. The average Bonchev–Trinajstić information content (AvgIpc) is 3.49. The molecule has 2 atom stereocenters. The number of aliphatic hydroxyl groups is 1. The number of methoxy groups -OCH3 is 2. The lowest BCUT2D eigenvalue weighted by Gasteiger charge is -2.31. The van der Waals surface area contributed by atoms with Crippen molar-refractivity contribution in [3.63, 3.8) is 0 Å². The number of halogens is 3. The zero-order valence-corrected chi connectivity index (χ0v) is 28.6. The molecule has 9 nitrogen and oxygen atoms in total. The summed E-state index contributed by atoms with van der Waals surface area (Å²) in [6, 6.07) is 12.7. The van der Waals surface area contributed by atoms with Gasteiger partial charge in [0.15, 0.2) is 0 Å². The zero-order valence-electron chi connectivity index (χ0n) is 27.1. The number of hydrogen-bond acceptors (Lipinski definition) is 8. The number of amides is 1. The Hall–Kier alpha value is -3.80. The third-order valence-electron chi connectivity index (χ3n) is 8.85. The first kappa shape index (κ1) is 34.1. The Morgan fingerprint density at radius 1 is 1.10 bits per heavy atom. The highest BCUT2D eigenvalue weighted by molar-refractivity contribution is 6.39. The molecular weight excluding hydrogens is 656 g/mol. The summed E-state index contributed by atoms with van der Waals surface area (Å²) in [5, 5.41) is 16.8. The van der Waals surface area contributed by atoms with E-state index < -0.39 is 11.9 Å². The van der Waals surface area contributed by atoms with Crippen LogP contribution < -0.4 is 20.1 Å². The van der Waals surface area contributed by atoms with Crippen molar-refractivity contribution in [1.29, 1.82) is 0 Å². The molecule has 0 bridgehead atoms. The van der Waals surface area contributed by atoms with Crippen LogP contribution in [0.4, 0.5) is 4.39 Å². The Morgan fingerprint density at radius 2 is 1.90 bits per heavy atom. The van der Waals surface area contributed by atoms with Crippen molar-refractivity contribution in [1.82, 2.24) is 25.5 Å². The SMILES string of the molecule is COc1cc(-c2nccc(-c3cccc(-c4cc(F)c(CNCC5CCC(=O)N5)c(OC)n4)c3Cl)c2Cl)cc2c1CN(CC(C)O)CC2. The number of aromatic nitrogens is 2. The summed E-state index contributed by atoms with van der Waals surface area (Å²) in [6.45, 7) is 4.60. The van der Waals surface area contributed by atoms with E-state index in [-0.39, 0.29) is 29.9 Å². The molecule has 1 fully saturated rings. The lowest BCUT2D eigenvalue weighted by molar-refractivity contribution is -0.119.